The molecular formula is C16H10Cl2F9N5. The van der Waals surface area contributed by atoms with Crippen LogP contribution in [0.4, 0.5) is 45.2 Å². The van der Waals surface area contributed by atoms with Gasteiger partial charge in [-0.1, -0.05) is 30.1 Å². The van der Waals surface area contributed by atoms with Gasteiger partial charge >= 0.3 is 18.5 Å². The van der Waals surface area contributed by atoms with Crippen molar-refractivity contribution in [3.63, 3.8) is 0 Å². The summed E-state index contributed by atoms with van der Waals surface area (Å²) in [7, 11) is 0. The first kappa shape index (κ1) is 24.5. The Morgan fingerprint density at radius 3 is 1.88 bits per heavy atom. The predicted octanol–water partition coefficient (Wildman–Crippen LogP) is 5.54. The first-order valence-corrected chi connectivity index (χ1v) is 9.17. The molecule has 0 amide bonds. The number of amidine groups is 1. The number of hydrogen-bond acceptors (Lipinski definition) is 5. The Kier molecular flexibility index (Phi) is 5.88. The van der Waals surface area contributed by atoms with E-state index in [9.17, 15) is 39.5 Å². The maximum absolute atomic E-state index is 13.6. The lowest BCUT2D eigenvalue weighted by Crippen LogP contribution is -2.46. The van der Waals surface area contributed by atoms with Crippen molar-refractivity contribution in [2.75, 3.05) is 11.6 Å². The normalized spacial score (nSPS) is 20.5. The Balaban J connectivity index is 2.26. The number of likely N-dealkylation sites (N-methyl/N-ethyl adjacent to an activating group) is 1. The molecule has 0 aromatic heterocycles. The third-order valence-electron chi connectivity index (χ3n) is 4.42. The van der Waals surface area contributed by atoms with Crippen LogP contribution in [0.2, 0.25) is 10.0 Å². The standard InChI is InChI=1S/C16H10Cl2F9N5/c1-2-31-12-8(10(15(22,23)24)29-13(30-12)16(25,26)27)11(28)32(31)9-6(17)3-5(4-7(9)18)14(19,20)21/h3-4,12H,2,28H2,1H3. The molecule has 3 rings (SSSR count). The maximum Gasteiger partial charge on any atom is 0.451 e. The highest BCUT2D eigenvalue weighted by atomic mass is 35.5. The zero-order chi connectivity index (χ0) is 24.4. The first-order valence-electron chi connectivity index (χ1n) is 8.42. The zero-order valence-corrected chi connectivity index (χ0v) is 17.0. The van der Waals surface area contributed by atoms with Crippen molar-refractivity contribution < 1.29 is 39.5 Å². The van der Waals surface area contributed by atoms with Crippen LogP contribution < -0.4 is 10.7 Å². The van der Waals surface area contributed by atoms with Gasteiger partial charge in [0.05, 0.1) is 26.9 Å². The molecule has 176 valence electrons. The Morgan fingerprint density at radius 2 is 1.47 bits per heavy atom. The summed E-state index contributed by atoms with van der Waals surface area (Å²) in [5.74, 6) is -2.84. The molecule has 2 N–H and O–H groups in total. The monoisotopic (exact) mass is 513 g/mol. The molecular weight excluding hydrogens is 504 g/mol. The van der Waals surface area contributed by atoms with Crippen molar-refractivity contribution in [2.45, 2.75) is 31.6 Å². The summed E-state index contributed by atoms with van der Waals surface area (Å²) < 4.78 is 119. The largest absolute Gasteiger partial charge is 0.451 e. The van der Waals surface area contributed by atoms with Gasteiger partial charge in [0.15, 0.2) is 11.9 Å². The van der Waals surface area contributed by atoms with Crippen LogP contribution >= 0.6 is 23.2 Å². The number of aliphatic imine (C=N–C) groups is 2. The molecule has 0 bridgehead atoms. The second-order valence-corrected chi connectivity index (χ2v) is 7.25. The molecule has 0 saturated carbocycles. The number of benzene rings is 1. The fourth-order valence-corrected chi connectivity index (χ4v) is 3.82. The second-order valence-electron chi connectivity index (χ2n) is 6.43. The average Bonchev–Trinajstić information content (AvgIpc) is 2.90. The smallest absolute Gasteiger partial charge is 0.384 e. The second kappa shape index (κ2) is 7.70. The lowest BCUT2D eigenvalue weighted by Gasteiger charge is -2.34. The topological polar surface area (TPSA) is 57.2 Å². The fourth-order valence-electron chi connectivity index (χ4n) is 3.18. The highest BCUT2D eigenvalue weighted by Crippen LogP contribution is 2.46. The number of halogens is 11. The quantitative estimate of drug-likeness (QED) is 0.528. The summed E-state index contributed by atoms with van der Waals surface area (Å²) in [6.45, 7) is 1.07. The number of nitrogens with two attached hydrogens (primary N) is 1. The number of nitrogens with zero attached hydrogens (tertiary/aromatic N) is 4. The maximum atomic E-state index is 13.6. The Labute approximate surface area is 183 Å². The van der Waals surface area contributed by atoms with Crippen LogP contribution in [0.25, 0.3) is 0 Å². The lowest BCUT2D eigenvalue weighted by molar-refractivity contribution is -0.137. The van der Waals surface area contributed by atoms with Crippen molar-refractivity contribution in [3.8, 4) is 0 Å². The van der Waals surface area contributed by atoms with Gasteiger partial charge in [0, 0.05) is 6.54 Å². The van der Waals surface area contributed by atoms with E-state index in [1.807, 2.05) is 0 Å². The summed E-state index contributed by atoms with van der Waals surface area (Å²) >= 11 is 11.9. The van der Waals surface area contributed by atoms with Gasteiger partial charge in [-0.3, -0.25) is 5.01 Å². The summed E-state index contributed by atoms with van der Waals surface area (Å²) in [6.07, 6.45) is -17.4. The van der Waals surface area contributed by atoms with E-state index in [4.69, 9.17) is 28.9 Å². The molecule has 1 aromatic carbocycles. The molecule has 0 spiro atoms. The molecule has 2 heterocycles. The molecule has 2 aliphatic rings. The summed E-state index contributed by atoms with van der Waals surface area (Å²) in [5, 5.41) is 0.235. The summed E-state index contributed by atoms with van der Waals surface area (Å²) in [5.41, 5.74) is 1.25. The minimum atomic E-state index is -5.35. The number of fused-ring (bicyclic) bond motifs is 1. The molecule has 2 aliphatic heterocycles. The third kappa shape index (κ3) is 4.10. The van der Waals surface area contributed by atoms with Gasteiger partial charge in [-0.2, -0.15) is 44.5 Å². The summed E-state index contributed by atoms with van der Waals surface area (Å²) in [6, 6.07) is 0.916. The van der Waals surface area contributed by atoms with Gasteiger partial charge in [0.25, 0.3) is 0 Å². The van der Waals surface area contributed by atoms with Crippen LogP contribution in [0, 0.1) is 0 Å². The van der Waals surface area contributed by atoms with Gasteiger partial charge < -0.3 is 5.73 Å². The number of anilines is 1. The molecule has 5 nitrogen and oxygen atoms in total. The predicted molar refractivity (Wildman–Crippen MR) is 98.3 cm³/mol. The van der Waals surface area contributed by atoms with Gasteiger partial charge in [-0.15, -0.1) is 0 Å². The van der Waals surface area contributed by atoms with Crippen LogP contribution in [-0.2, 0) is 6.18 Å². The van der Waals surface area contributed by atoms with E-state index in [1.54, 1.807) is 0 Å². The van der Waals surface area contributed by atoms with E-state index in [-0.39, 0.29) is 6.54 Å². The van der Waals surface area contributed by atoms with Gasteiger partial charge in [0.2, 0.25) is 5.84 Å². The number of alkyl halides is 9. The van der Waals surface area contributed by atoms with Crippen molar-refractivity contribution in [2.24, 2.45) is 15.7 Å². The van der Waals surface area contributed by atoms with E-state index in [2.05, 4.69) is 9.98 Å². The zero-order valence-electron chi connectivity index (χ0n) is 15.5. The van der Waals surface area contributed by atoms with Crippen molar-refractivity contribution >= 4 is 40.4 Å². The van der Waals surface area contributed by atoms with Gasteiger partial charge in [-0.25, -0.2) is 9.98 Å². The van der Waals surface area contributed by atoms with E-state index in [1.165, 1.54) is 6.92 Å². The molecule has 0 fully saturated rings. The Morgan fingerprint density at radius 1 is 0.938 bits per heavy atom. The molecule has 1 atom stereocenters. The minimum Gasteiger partial charge on any atom is -0.384 e. The molecule has 16 heteroatoms. The number of rotatable bonds is 2. The van der Waals surface area contributed by atoms with Gasteiger partial charge in [-0.05, 0) is 12.1 Å². The number of hydrazine groups is 1. The Hall–Kier alpha value is -2.19. The lowest BCUT2D eigenvalue weighted by atomic mass is 10.1. The van der Waals surface area contributed by atoms with E-state index in [0.29, 0.717) is 17.1 Å². The van der Waals surface area contributed by atoms with Crippen LogP contribution in [0.15, 0.2) is 33.5 Å². The molecule has 0 saturated heterocycles. The minimum absolute atomic E-state index is 0.275. The molecule has 1 unspecified atom stereocenters. The van der Waals surface area contributed by atoms with Crippen LogP contribution in [0.1, 0.15) is 12.5 Å². The van der Waals surface area contributed by atoms with Crippen molar-refractivity contribution in [1.29, 1.82) is 0 Å². The molecule has 1 aromatic rings. The van der Waals surface area contributed by atoms with E-state index in [0.717, 1.165) is 5.01 Å². The Bertz CT molecular complexity index is 1020. The highest BCUT2D eigenvalue weighted by molar-refractivity contribution is 6.39. The molecule has 0 aliphatic carbocycles. The van der Waals surface area contributed by atoms with Crippen molar-refractivity contribution in [1.82, 2.24) is 5.01 Å². The molecule has 32 heavy (non-hydrogen) atoms. The van der Waals surface area contributed by atoms with E-state index < -0.39 is 68.9 Å². The molecule has 0 radical (unpaired) electrons. The van der Waals surface area contributed by atoms with Crippen LogP contribution in [-0.4, -0.2) is 41.6 Å². The SMILES string of the molecule is CCN1C2N=C(C(F)(F)F)N=C(C(F)(F)F)C2=C(N)N1c1c(Cl)cc(C(F)(F)F)cc1Cl. The highest BCUT2D eigenvalue weighted by Gasteiger charge is 2.54. The van der Waals surface area contributed by atoms with Crippen molar-refractivity contribution in [3.05, 3.63) is 39.1 Å². The van der Waals surface area contributed by atoms with Gasteiger partial charge in [0.1, 0.15) is 5.82 Å². The first-order chi connectivity index (χ1) is 14.5. The van der Waals surface area contributed by atoms with Crippen LogP contribution in [0.5, 0.6) is 0 Å². The van der Waals surface area contributed by atoms with E-state index >= 15 is 0 Å². The fraction of sp³-hybridized carbons (Fsp3) is 0.375. The average molecular weight is 514 g/mol. The summed E-state index contributed by atoms with van der Waals surface area (Å²) in [4.78, 5) is 5.87. The third-order valence-corrected chi connectivity index (χ3v) is 5.00. The van der Waals surface area contributed by atoms with Crippen LogP contribution in [0.3, 0.4) is 0 Å². The number of hydrogen-bond donors (Lipinski definition) is 1.